The Kier molecular flexibility index (Phi) is 11.2. The molecule has 4 aliphatic rings. The molecule has 0 nitrogen and oxygen atoms in total. The average molecular weight is 643 g/mol. The van der Waals surface area contributed by atoms with Crippen molar-refractivity contribution in [2.45, 2.75) is 115 Å². The number of hydrogen-bond donors (Lipinski definition) is 0. The van der Waals surface area contributed by atoms with Gasteiger partial charge in [0.25, 0.3) is 0 Å². The molecule has 2 aromatic carbocycles. The van der Waals surface area contributed by atoms with E-state index in [1.807, 2.05) is 6.55 Å². The Hall–Kier alpha value is -0.400. The van der Waals surface area contributed by atoms with Gasteiger partial charge >= 0.3 is 229 Å². The Balaban J connectivity index is 0.00000168. The van der Waals surface area contributed by atoms with Gasteiger partial charge in [0.1, 0.15) is 0 Å². The molecule has 2 aromatic rings. The van der Waals surface area contributed by atoms with Crippen molar-refractivity contribution in [2.75, 3.05) is 0 Å². The molecule has 0 spiro atoms. The summed E-state index contributed by atoms with van der Waals surface area (Å²) >= 11 is -2.09. The number of allylic oxidation sites excluding steroid dienone is 4. The van der Waals surface area contributed by atoms with E-state index in [1.54, 1.807) is 47.9 Å². The molecular formula is C34H44Cl2SiZr. The minimum Gasteiger partial charge on any atom is -1.00 e. The molecule has 202 valence electrons. The molecule has 4 aliphatic carbocycles. The topological polar surface area (TPSA) is 0 Å². The van der Waals surface area contributed by atoms with Crippen LogP contribution in [0.25, 0.3) is 11.1 Å². The summed E-state index contributed by atoms with van der Waals surface area (Å²) < 4.78 is 3.93. The summed E-state index contributed by atoms with van der Waals surface area (Å²) in [6.07, 6.45) is 28.3. The van der Waals surface area contributed by atoms with Gasteiger partial charge in [-0.05, 0) is 0 Å². The largest absolute Gasteiger partial charge is 1.00 e. The van der Waals surface area contributed by atoms with E-state index in [1.165, 1.54) is 75.3 Å². The molecule has 0 amide bonds. The van der Waals surface area contributed by atoms with Crippen LogP contribution in [-0.4, -0.2) is 5.43 Å². The summed E-state index contributed by atoms with van der Waals surface area (Å²) in [6, 6.07) is 12.3. The predicted octanol–water partition coefficient (Wildman–Crippen LogP) is 3.41. The van der Waals surface area contributed by atoms with E-state index in [2.05, 4.69) is 62.4 Å². The second kappa shape index (κ2) is 14.0. The van der Waals surface area contributed by atoms with E-state index in [9.17, 15) is 0 Å². The number of rotatable bonds is 4. The van der Waals surface area contributed by atoms with Gasteiger partial charge in [0.15, 0.2) is 0 Å². The number of hydrogen-bond acceptors (Lipinski definition) is 0. The van der Waals surface area contributed by atoms with Crippen LogP contribution < -0.4 is 28.1 Å². The molecule has 2 fully saturated rings. The van der Waals surface area contributed by atoms with E-state index < -0.39 is 25.8 Å². The molecule has 0 N–H and O–H groups in total. The molecule has 0 bridgehead atoms. The van der Waals surface area contributed by atoms with Crippen molar-refractivity contribution in [1.29, 1.82) is 0 Å². The van der Waals surface area contributed by atoms with E-state index in [4.69, 9.17) is 0 Å². The molecule has 6 rings (SSSR count). The fourth-order valence-corrected chi connectivity index (χ4v) is 35.1. The van der Waals surface area contributed by atoms with Crippen LogP contribution in [0.4, 0.5) is 0 Å². The number of fused-ring (bicyclic) bond motifs is 3. The van der Waals surface area contributed by atoms with Gasteiger partial charge < -0.3 is 24.8 Å². The third-order valence-electron chi connectivity index (χ3n) is 9.66. The summed E-state index contributed by atoms with van der Waals surface area (Å²) in [4.78, 5) is 0. The van der Waals surface area contributed by atoms with Gasteiger partial charge in [0.2, 0.25) is 0 Å². The van der Waals surface area contributed by atoms with Crippen molar-refractivity contribution in [3.63, 3.8) is 0 Å². The monoisotopic (exact) mass is 640 g/mol. The van der Waals surface area contributed by atoms with Gasteiger partial charge in [-0.15, -0.1) is 0 Å². The van der Waals surface area contributed by atoms with E-state index in [0.717, 1.165) is 11.1 Å². The smallest absolute Gasteiger partial charge is 1.00 e. The molecule has 0 aromatic heterocycles. The SMILES string of the molecule is Cc1ccc2c(c1)Cc1c-2ccc(C)[c]1[Zr+2]([C]1=CC=CC1)=[Si](C1CCCCCC1)C1CCCCCC1.[Cl-].[Cl-]. The molecule has 0 aliphatic heterocycles. The van der Waals surface area contributed by atoms with Gasteiger partial charge in [-0.3, -0.25) is 0 Å². The molecule has 0 unspecified atom stereocenters. The fraction of sp³-hybridized carbons (Fsp3) is 0.529. The Bertz CT molecular complexity index is 1200. The predicted molar refractivity (Wildman–Crippen MR) is 154 cm³/mol. The maximum absolute atomic E-state index is 2.64. The summed E-state index contributed by atoms with van der Waals surface area (Å²) in [5.41, 5.74) is 11.3. The second-order valence-corrected chi connectivity index (χ2v) is 26.6. The quantitative estimate of drug-likeness (QED) is 0.303. The second-order valence-electron chi connectivity index (χ2n) is 12.2. The Morgan fingerprint density at radius 2 is 1.34 bits per heavy atom. The first-order valence-electron chi connectivity index (χ1n) is 15.0. The number of halogens is 2. The minimum absolute atomic E-state index is 0. The average Bonchev–Trinajstić information content (AvgIpc) is 3.32. The van der Waals surface area contributed by atoms with Crippen molar-refractivity contribution >= 4 is 8.70 Å². The van der Waals surface area contributed by atoms with Crippen molar-refractivity contribution in [3.05, 3.63) is 74.1 Å². The molecule has 0 saturated heterocycles. The Labute approximate surface area is 252 Å². The summed E-state index contributed by atoms with van der Waals surface area (Å²) in [7, 11) is 0. The first-order chi connectivity index (χ1) is 17.7. The van der Waals surface area contributed by atoms with Gasteiger partial charge in [-0.25, -0.2) is 0 Å². The summed E-state index contributed by atoms with van der Waals surface area (Å²) in [5.74, 6) is 0. The van der Waals surface area contributed by atoms with Crippen LogP contribution in [-0.2, 0) is 26.8 Å². The molecule has 38 heavy (non-hydrogen) atoms. The van der Waals surface area contributed by atoms with Crippen molar-refractivity contribution in [1.82, 2.24) is 0 Å². The van der Waals surface area contributed by atoms with E-state index in [-0.39, 0.29) is 24.8 Å². The molecule has 0 atom stereocenters. The first-order valence-corrected chi connectivity index (χ1v) is 22.8. The van der Waals surface area contributed by atoms with Gasteiger partial charge in [-0.2, -0.15) is 0 Å². The standard InChI is InChI=1S/C15H13.C14H26Si.C5H5.2ClH.Zr/c1-10-3-5-14-12(7-10)9-13-8-11(2)4-6-15(13)14;1-2-6-10-13(9-5-1)15-14-11-7-3-4-8-12-14;1-2-4-5-3-1;;;/h3-7H,9H2,1-2H3;13-14H,1-12H2;1-3H,4H2;2*1H;/q;;;;;+2/p-2. The van der Waals surface area contributed by atoms with Gasteiger partial charge in [0.05, 0.1) is 0 Å². The molecular weight excluding hydrogens is 599 g/mol. The van der Waals surface area contributed by atoms with Crippen LogP contribution in [0.1, 0.15) is 106 Å². The third-order valence-corrected chi connectivity index (χ3v) is 32.2. The zero-order valence-corrected chi connectivity index (χ0v) is 28.4. The molecule has 4 heteroatoms. The summed E-state index contributed by atoms with van der Waals surface area (Å²) in [6.45, 7) is 4.76. The van der Waals surface area contributed by atoms with Crippen LogP contribution >= 0.6 is 0 Å². The van der Waals surface area contributed by atoms with Crippen LogP contribution in [0, 0.1) is 13.8 Å². The van der Waals surface area contributed by atoms with Crippen molar-refractivity contribution in [3.8, 4) is 11.1 Å². The van der Waals surface area contributed by atoms with Crippen molar-refractivity contribution < 1.29 is 45.2 Å². The van der Waals surface area contributed by atoms with Crippen LogP contribution in [0.3, 0.4) is 0 Å². The minimum atomic E-state index is -2.09. The Morgan fingerprint density at radius 3 is 1.92 bits per heavy atom. The first kappa shape index (κ1) is 30.6. The fourth-order valence-electron chi connectivity index (χ4n) is 7.92. The Morgan fingerprint density at radius 1 is 0.737 bits per heavy atom. The molecule has 0 radical (unpaired) electrons. The van der Waals surface area contributed by atoms with Crippen LogP contribution in [0.2, 0.25) is 11.1 Å². The zero-order chi connectivity index (χ0) is 24.5. The number of benzene rings is 2. The maximum atomic E-state index is 2.64. The maximum Gasteiger partial charge on any atom is -1.00 e. The van der Waals surface area contributed by atoms with Crippen LogP contribution in [0.15, 0.2) is 51.8 Å². The summed E-state index contributed by atoms with van der Waals surface area (Å²) in [5, 5.41) is 0. The van der Waals surface area contributed by atoms with Gasteiger partial charge in [-0.1, -0.05) is 0 Å². The van der Waals surface area contributed by atoms with Crippen molar-refractivity contribution in [2.24, 2.45) is 0 Å². The molecule has 2 saturated carbocycles. The van der Waals surface area contributed by atoms with Gasteiger partial charge in [0, 0.05) is 0 Å². The zero-order valence-electron chi connectivity index (χ0n) is 23.4. The normalized spacial score (nSPS) is 19.1. The third kappa shape index (κ3) is 6.25. The van der Waals surface area contributed by atoms with Crippen LogP contribution in [0.5, 0.6) is 0 Å². The van der Waals surface area contributed by atoms with E-state index in [0.29, 0.717) is 0 Å². The number of aryl methyl sites for hydroxylation is 2. The molecule has 0 heterocycles. The van der Waals surface area contributed by atoms with E-state index >= 15 is 0 Å².